The van der Waals surface area contributed by atoms with Gasteiger partial charge in [0.05, 0.1) is 29.9 Å². The lowest BCUT2D eigenvalue weighted by Gasteiger charge is -2.28. The number of fused-ring (bicyclic) bond motifs is 1. The Labute approximate surface area is 209 Å². The molecular weight excluding hydrogens is 458 g/mol. The van der Waals surface area contributed by atoms with Gasteiger partial charge in [-0.3, -0.25) is 14.5 Å². The first-order chi connectivity index (χ1) is 17.0. The molecule has 0 aliphatic carbocycles. The summed E-state index contributed by atoms with van der Waals surface area (Å²) >= 11 is 1.78. The number of aryl methyl sites for hydroxylation is 1. The van der Waals surface area contributed by atoms with Gasteiger partial charge >= 0.3 is 0 Å². The molecule has 1 aromatic carbocycles. The summed E-state index contributed by atoms with van der Waals surface area (Å²) < 4.78 is 1.68. The van der Waals surface area contributed by atoms with Crippen molar-refractivity contribution < 1.29 is 9.90 Å². The van der Waals surface area contributed by atoms with Gasteiger partial charge < -0.3 is 10.0 Å². The number of aliphatic hydroxyl groups is 1. The fourth-order valence-corrected chi connectivity index (χ4v) is 5.63. The summed E-state index contributed by atoms with van der Waals surface area (Å²) in [5.41, 5.74) is 4.05. The zero-order valence-corrected chi connectivity index (χ0v) is 20.8. The van der Waals surface area contributed by atoms with E-state index in [0.29, 0.717) is 10.8 Å². The summed E-state index contributed by atoms with van der Waals surface area (Å²) in [6.45, 7) is 2.13. The van der Waals surface area contributed by atoms with Gasteiger partial charge in [0, 0.05) is 46.9 Å². The van der Waals surface area contributed by atoms with Gasteiger partial charge in [-0.15, -0.1) is 11.8 Å². The molecule has 0 amide bonds. The third-order valence-corrected chi connectivity index (χ3v) is 7.92. The number of thioether (sulfide) groups is 1. The van der Waals surface area contributed by atoms with Crippen LogP contribution in [0.5, 0.6) is 0 Å². The highest BCUT2D eigenvalue weighted by molar-refractivity contribution is 7.99. The Bertz CT molecular complexity index is 1360. The maximum absolute atomic E-state index is 13.1. The maximum atomic E-state index is 13.1. The molecule has 180 valence electrons. The van der Waals surface area contributed by atoms with Crippen molar-refractivity contribution in [3.8, 4) is 11.1 Å². The molecular formula is C27H29N5O2S. The molecule has 1 saturated heterocycles. The number of ketones is 1. The minimum Gasteiger partial charge on any atom is -0.390 e. The van der Waals surface area contributed by atoms with E-state index in [-0.39, 0.29) is 18.8 Å². The number of carbonyl (C=O) groups is 1. The zero-order chi connectivity index (χ0) is 24.4. The van der Waals surface area contributed by atoms with Crippen molar-refractivity contribution in [2.75, 3.05) is 20.1 Å². The number of piperidine rings is 1. The number of Topliss-reactive ketones (excluding diaryl/α,β-unsaturated/α-hetero) is 1. The second kappa shape index (κ2) is 10.3. The van der Waals surface area contributed by atoms with Crippen LogP contribution in [0.2, 0.25) is 0 Å². The van der Waals surface area contributed by atoms with Gasteiger partial charge in [-0.1, -0.05) is 12.1 Å². The van der Waals surface area contributed by atoms with Crippen molar-refractivity contribution in [3.63, 3.8) is 0 Å². The van der Waals surface area contributed by atoms with E-state index in [0.717, 1.165) is 64.2 Å². The Morgan fingerprint density at radius 2 is 1.89 bits per heavy atom. The van der Waals surface area contributed by atoms with Crippen LogP contribution < -0.4 is 0 Å². The van der Waals surface area contributed by atoms with Crippen molar-refractivity contribution in [1.29, 1.82) is 0 Å². The molecule has 3 aromatic heterocycles. The van der Waals surface area contributed by atoms with Crippen LogP contribution in [0.15, 0.2) is 60.0 Å². The van der Waals surface area contributed by atoms with Crippen LogP contribution in [0.3, 0.4) is 0 Å². The molecule has 0 bridgehead atoms. The molecule has 0 saturated carbocycles. The van der Waals surface area contributed by atoms with Crippen LogP contribution in [0.1, 0.15) is 34.6 Å². The predicted molar refractivity (Wildman–Crippen MR) is 139 cm³/mol. The largest absolute Gasteiger partial charge is 0.390 e. The number of likely N-dealkylation sites (tertiary alicyclic amines) is 1. The van der Waals surface area contributed by atoms with Crippen LogP contribution in [0.25, 0.3) is 21.9 Å². The van der Waals surface area contributed by atoms with Crippen LogP contribution in [0, 0.1) is 0 Å². The van der Waals surface area contributed by atoms with E-state index in [1.54, 1.807) is 34.9 Å². The second-order valence-corrected chi connectivity index (χ2v) is 10.4. The van der Waals surface area contributed by atoms with E-state index in [9.17, 15) is 9.90 Å². The number of aliphatic hydroxyl groups excluding tert-OH is 1. The standard InChI is InChI=1S/C27H29N5O2S/c1-31-9-6-23(7-10-31)35-27-13-19(5-8-28-27)26(34)14-22-12-21-11-18(3-4-20(21)15-29-22)24-16-30-32(2)25(24)17-33/h3-5,8,11-13,15-16,23,33H,6-7,9-10,14,17H2,1-2H3. The van der Waals surface area contributed by atoms with Crippen LogP contribution in [-0.4, -0.2) is 60.9 Å². The lowest BCUT2D eigenvalue weighted by atomic mass is 10.0. The van der Waals surface area contributed by atoms with Gasteiger partial charge in [-0.2, -0.15) is 5.10 Å². The number of hydrogen-bond donors (Lipinski definition) is 1. The van der Waals surface area contributed by atoms with Gasteiger partial charge in [0.25, 0.3) is 0 Å². The van der Waals surface area contributed by atoms with Crippen LogP contribution in [-0.2, 0) is 20.1 Å². The molecule has 4 aromatic rings. The number of pyridine rings is 2. The molecule has 0 spiro atoms. The van der Waals surface area contributed by atoms with E-state index in [1.165, 1.54) is 0 Å². The molecule has 5 rings (SSSR count). The highest BCUT2D eigenvalue weighted by Gasteiger charge is 2.19. The van der Waals surface area contributed by atoms with Crippen molar-refractivity contribution in [2.24, 2.45) is 7.05 Å². The Balaban J connectivity index is 1.33. The van der Waals surface area contributed by atoms with E-state index >= 15 is 0 Å². The first-order valence-electron chi connectivity index (χ1n) is 11.9. The maximum Gasteiger partial charge on any atom is 0.168 e. The number of nitrogens with zero attached hydrogens (tertiary/aromatic N) is 5. The zero-order valence-electron chi connectivity index (χ0n) is 20.0. The normalized spacial score (nSPS) is 15.1. The van der Waals surface area contributed by atoms with Crippen LogP contribution >= 0.6 is 11.8 Å². The van der Waals surface area contributed by atoms with Crippen molar-refractivity contribution in [1.82, 2.24) is 24.6 Å². The van der Waals surface area contributed by atoms with Gasteiger partial charge in [-0.05, 0) is 68.2 Å². The number of benzene rings is 1. The minimum absolute atomic E-state index is 0.0375. The fourth-order valence-electron chi connectivity index (χ4n) is 4.53. The topological polar surface area (TPSA) is 84.1 Å². The molecule has 0 radical (unpaired) electrons. The van der Waals surface area contributed by atoms with Crippen molar-refractivity contribution in [3.05, 3.63) is 71.9 Å². The van der Waals surface area contributed by atoms with Gasteiger partial charge in [0.2, 0.25) is 0 Å². The average molecular weight is 488 g/mol. The lowest BCUT2D eigenvalue weighted by molar-refractivity contribution is 0.0991. The average Bonchev–Trinajstić information content (AvgIpc) is 3.25. The van der Waals surface area contributed by atoms with Gasteiger partial charge in [-0.25, -0.2) is 4.98 Å². The highest BCUT2D eigenvalue weighted by atomic mass is 32.2. The molecule has 1 fully saturated rings. The monoisotopic (exact) mass is 487 g/mol. The molecule has 1 N–H and O–H groups in total. The van der Waals surface area contributed by atoms with Crippen LogP contribution in [0.4, 0.5) is 0 Å². The summed E-state index contributed by atoms with van der Waals surface area (Å²) in [6, 6.07) is 11.8. The molecule has 4 heterocycles. The summed E-state index contributed by atoms with van der Waals surface area (Å²) in [5.74, 6) is 0.0375. The van der Waals surface area contributed by atoms with Crippen molar-refractivity contribution in [2.45, 2.75) is 36.1 Å². The van der Waals surface area contributed by atoms with E-state index in [1.807, 2.05) is 37.5 Å². The Morgan fingerprint density at radius 1 is 1.06 bits per heavy atom. The number of aromatic nitrogens is 4. The Hall–Kier alpha value is -3.07. The molecule has 0 unspecified atom stereocenters. The van der Waals surface area contributed by atoms with Gasteiger partial charge in [0.15, 0.2) is 5.78 Å². The Morgan fingerprint density at radius 3 is 2.69 bits per heavy atom. The quantitative estimate of drug-likeness (QED) is 0.392. The third kappa shape index (κ3) is 5.29. The summed E-state index contributed by atoms with van der Waals surface area (Å²) in [4.78, 5) is 24.5. The predicted octanol–water partition coefficient (Wildman–Crippen LogP) is 4.13. The van der Waals surface area contributed by atoms with E-state index in [4.69, 9.17) is 0 Å². The first-order valence-corrected chi connectivity index (χ1v) is 12.7. The van der Waals surface area contributed by atoms with E-state index in [2.05, 4.69) is 33.1 Å². The molecule has 1 aliphatic rings. The molecule has 8 heteroatoms. The second-order valence-electron chi connectivity index (χ2n) is 9.13. The number of rotatable bonds is 7. The number of carbonyl (C=O) groups excluding carboxylic acids is 1. The minimum atomic E-state index is -0.0794. The Kier molecular flexibility index (Phi) is 6.95. The number of hydrogen-bond acceptors (Lipinski definition) is 7. The summed E-state index contributed by atoms with van der Waals surface area (Å²) in [5, 5.41) is 17.5. The van der Waals surface area contributed by atoms with Crippen molar-refractivity contribution >= 4 is 28.3 Å². The third-order valence-electron chi connectivity index (χ3n) is 6.65. The molecule has 35 heavy (non-hydrogen) atoms. The molecule has 0 atom stereocenters. The van der Waals surface area contributed by atoms with Gasteiger partial charge in [0.1, 0.15) is 0 Å². The summed E-state index contributed by atoms with van der Waals surface area (Å²) in [6.07, 6.45) is 7.83. The smallest absolute Gasteiger partial charge is 0.168 e. The first kappa shape index (κ1) is 23.7. The highest BCUT2D eigenvalue weighted by Crippen LogP contribution is 2.30. The fraction of sp³-hybridized carbons (Fsp3) is 0.333. The SMILES string of the molecule is CN1CCC(Sc2cc(C(=O)Cc3cc4cc(-c5cnn(C)c5CO)ccc4cn3)ccn2)CC1. The van der Waals surface area contributed by atoms with E-state index < -0.39 is 0 Å². The summed E-state index contributed by atoms with van der Waals surface area (Å²) in [7, 11) is 3.98. The lowest BCUT2D eigenvalue weighted by Crippen LogP contribution is -2.31. The molecule has 1 aliphatic heterocycles. The molecule has 7 nitrogen and oxygen atoms in total.